The van der Waals surface area contributed by atoms with Crippen LogP contribution < -0.4 is 5.32 Å². The van der Waals surface area contributed by atoms with E-state index in [4.69, 9.17) is 0 Å². The highest BCUT2D eigenvalue weighted by atomic mass is 32.2. The summed E-state index contributed by atoms with van der Waals surface area (Å²) in [6.07, 6.45) is 2.07. The first-order chi connectivity index (χ1) is 7.02. The molecule has 0 saturated heterocycles. The van der Waals surface area contributed by atoms with Gasteiger partial charge < -0.3 is 10.4 Å². The maximum atomic E-state index is 11.1. The van der Waals surface area contributed by atoms with Crippen molar-refractivity contribution in [3.63, 3.8) is 0 Å². The molecule has 0 amide bonds. The highest BCUT2D eigenvalue weighted by Crippen LogP contribution is 1.95. The molecule has 0 aliphatic heterocycles. The highest BCUT2D eigenvalue weighted by molar-refractivity contribution is 7.91. The van der Waals surface area contributed by atoms with E-state index in [-0.39, 0.29) is 17.6 Å². The molecule has 0 heterocycles. The van der Waals surface area contributed by atoms with Crippen molar-refractivity contribution in [3.05, 3.63) is 0 Å². The van der Waals surface area contributed by atoms with Gasteiger partial charge in [0.25, 0.3) is 0 Å². The summed E-state index contributed by atoms with van der Waals surface area (Å²) in [6, 6.07) is 0. The third-order valence-corrected chi connectivity index (χ3v) is 4.04. The Kier molecular flexibility index (Phi) is 8.00. The van der Waals surface area contributed by atoms with Crippen LogP contribution in [0.4, 0.5) is 0 Å². The van der Waals surface area contributed by atoms with Crippen molar-refractivity contribution in [1.82, 2.24) is 5.32 Å². The molecule has 1 atom stereocenters. The van der Waals surface area contributed by atoms with Gasteiger partial charge >= 0.3 is 0 Å². The van der Waals surface area contributed by atoms with Crippen LogP contribution in [0.2, 0.25) is 0 Å². The van der Waals surface area contributed by atoms with E-state index in [1.54, 1.807) is 6.92 Å². The van der Waals surface area contributed by atoms with Crippen molar-refractivity contribution in [2.45, 2.75) is 39.2 Å². The number of aliphatic hydroxyl groups excluding tert-OH is 1. The van der Waals surface area contributed by atoms with Crippen LogP contribution >= 0.6 is 0 Å². The van der Waals surface area contributed by atoms with Crippen LogP contribution in [-0.2, 0) is 9.84 Å². The Morgan fingerprint density at radius 1 is 1.33 bits per heavy atom. The lowest BCUT2D eigenvalue weighted by atomic mass is 10.2. The molecular formula is C10H23NO3S. The molecule has 0 saturated carbocycles. The van der Waals surface area contributed by atoms with Crippen molar-refractivity contribution in [2.75, 3.05) is 24.6 Å². The molecule has 0 aromatic carbocycles. The third kappa shape index (κ3) is 8.84. The Morgan fingerprint density at radius 2 is 2.00 bits per heavy atom. The summed E-state index contributed by atoms with van der Waals surface area (Å²) < 4.78 is 22.2. The second kappa shape index (κ2) is 8.07. The molecule has 2 N–H and O–H groups in total. The van der Waals surface area contributed by atoms with Gasteiger partial charge in [0.05, 0.1) is 11.9 Å². The van der Waals surface area contributed by atoms with E-state index in [0.29, 0.717) is 19.5 Å². The maximum absolute atomic E-state index is 11.1. The molecule has 0 spiro atoms. The Morgan fingerprint density at radius 3 is 2.53 bits per heavy atom. The summed E-state index contributed by atoms with van der Waals surface area (Å²) in [7, 11) is -2.83. The van der Waals surface area contributed by atoms with Gasteiger partial charge in [-0.2, -0.15) is 0 Å². The quantitative estimate of drug-likeness (QED) is 0.575. The van der Waals surface area contributed by atoms with Gasteiger partial charge in [-0.3, -0.25) is 0 Å². The number of rotatable bonds is 9. The molecule has 0 aromatic heterocycles. The Bertz CT molecular complexity index is 239. The van der Waals surface area contributed by atoms with Gasteiger partial charge in [0.1, 0.15) is 9.84 Å². The second-order valence-corrected chi connectivity index (χ2v) is 6.21. The molecule has 5 heteroatoms. The minimum atomic E-state index is -2.83. The first kappa shape index (κ1) is 14.9. The molecule has 0 bridgehead atoms. The number of hydrogen-bond donors (Lipinski definition) is 2. The van der Waals surface area contributed by atoms with Gasteiger partial charge in [0.15, 0.2) is 0 Å². The molecule has 4 nitrogen and oxygen atoms in total. The minimum Gasteiger partial charge on any atom is -0.392 e. The highest BCUT2D eigenvalue weighted by Gasteiger charge is 2.06. The van der Waals surface area contributed by atoms with Crippen molar-refractivity contribution in [3.8, 4) is 0 Å². The SMILES string of the molecule is CCCC(O)CNCCCS(=O)(=O)CC. The number of aliphatic hydroxyl groups is 1. The molecule has 0 fully saturated rings. The predicted molar refractivity (Wildman–Crippen MR) is 62.7 cm³/mol. The lowest BCUT2D eigenvalue weighted by molar-refractivity contribution is 0.161. The summed E-state index contributed by atoms with van der Waals surface area (Å²) in [4.78, 5) is 0. The summed E-state index contributed by atoms with van der Waals surface area (Å²) in [5.74, 6) is 0.450. The van der Waals surface area contributed by atoms with Crippen LogP contribution in [0.15, 0.2) is 0 Å². The first-order valence-corrected chi connectivity index (χ1v) is 7.43. The van der Waals surface area contributed by atoms with Crippen molar-refractivity contribution >= 4 is 9.84 Å². The van der Waals surface area contributed by atoms with Gasteiger partial charge in [0, 0.05) is 12.3 Å². The molecular weight excluding hydrogens is 214 g/mol. The second-order valence-electron chi connectivity index (χ2n) is 3.74. The summed E-state index contributed by atoms with van der Waals surface area (Å²) >= 11 is 0. The van der Waals surface area contributed by atoms with E-state index in [9.17, 15) is 13.5 Å². The van der Waals surface area contributed by atoms with E-state index in [0.717, 1.165) is 12.8 Å². The Balaban J connectivity index is 3.40. The van der Waals surface area contributed by atoms with Crippen molar-refractivity contribution < 1.29 is 13.5 Å². The fourth-order valence-electron chi connectivity index (χ4n) is 1.27. The molecule has 0 rings (SSSR count). The number of sulfone groups is 1. The van der Waals surface area contributed by atoms with Crippen LogP contribution in [0.5, 0.6) is 0 Å². The van der Waals surface area contributed by atoms with E-state index in [2.05, 4.69) is 5.32 Å². The van der Waals surface area contributed by atoms with Crippen molar-refractivity contribution in [1.29, 1.82) is 0 Å². The topological polar surface area (TPSA) is 66.4 Å². The third-order valence-electron chi connectivity index (χ3n) is 2.25. The molecule has 0 aliphatic carbocycles. The standard InChI is InChI=1S/C10H23NO3S/c1-3-6-10(12)9-11-7-5-8-15(13,14)4-2/h10-12H,3-9H2,1-2H3. The Hall–Kier alpha value is -0.130. The van der Waals surface area contributed by atoms with Crippen LogP contribution in [0.1, 0.15) is 33.1 Å². The van der Waals surface area contributed by atoms with Crippen LogP contribution in [0, 0.1) is 0 Å². The van der Waals surface area contributed by atoms with E-state index < -0.39 is 9.84 Å². The summed E-state index contributed by atoms with van der Waals surface area (Å²) in [6.45, 7) is 4.89. The van der Waals surface area contributed by atoms with Gasteiger partial charge in [-0.05, 0) is 19.4 Å². The van der Waals surface area contributed by atoms with Gasteiger partial charge in [-0.15, -0.1) is 0 Å². The van der Waals surface area contributed by atoms with Crippen LogP contribution in [0.3, 0.4) is 0 Å². The molecule has 0 aliphatic rings. The Labute approximate surface area is 93.0 Å². The lowest BCUT2D eigenvalue weighted by Gasteiger charge is -2.10. The average molecular weight is 237 g/mol. The van der Waals surface area contributed by atoms with Gasteiger partial charge in [0.2, 0.25) is 0 Å². The zero-order chi connectivity index (χ0) is 11.7. The predicted octanol–water partition coefficient (Wildman–Crippen LogP) is 0.562. The lowest BCUT2D eigenvalue weighted by Crippen LogP contribution is -2.28. The monoisotopic (exact) mass is 237 g/mol. The number of hydrogen-bond acceptors (Lipinski definition) is 4. The average Bonchev–Trinajstić information content (AvgIpc) is 2.17. The molecule has 1 unspecified atom stereocenters. The van der Waals surface area contributed by atoms with E-state index in [1.807, 2.05) is 6.92 Å². The molecule has 15 heavy (non-hydrogen) atoms. The zero-order valence-corrected chi connectivity index (χ0v) is 10.5. The zero-order valence-electron chi connectivity index (χ0n) is 9.70. The normalized spacial score (nSPS) is 14.1. The van der Waals surface area contributed by atoms with Gasteiger partial charge in [-0.25, -0.2) is 8.42 Å². The van der Waals surface area contributed by atoms with Crippen molar-refractivity contribution in [2.24, 2.45) is 0 Å². The molecule has 92 valence electrons. The molecule has 0 radical (unpaired) electrons. The largest absolute Gasteiger partial charge is 0.392 e. The fourth-order valence-corrected chi connectivity index (χ4v) is 2.14. The van der Waals surface area contributed by atoms with E-state index in [1.165, 1.54) is 0 Å². The van der Waals surface area contributed by atoms with Crippen LogP contribution in [-0.4, -0.2) is 44.2 Å². The maximum Gasteiger partial charge on any atom is 0.150 e. The fraction of sp³-hybridized carbons (Fsp3) is 1.00. The van der Waals surface area contributed by atoms with E-state index >= 15 is 0 Å². The summed E-state index contributed by atoms with van der Waals surface area (Å²) in [5.41, 5.74) is 0. The smallest absolute Gasteiger partial charge is 0.150 e. The van der Waals surface area contributed by atoms with Crippen LogP contribution in [0.25, 0.3) is 0 Å². The first-order valence-electron chi connectivity index (χ1n) is 5.61. The minimum absolute atomic E-state index is 0.214. The number of nitrogens with one attached hydrogen (secondary N) is 1. The van der Waals surface area contributed by atoms with Gasteiger partial charge in [-0.1, -0.05) is 20.3 Å². The molecule has 0 aromatic rings. The summed E-state index contributed by atoms with van der Waals surface area (Å²) in [5, 5.41) is 12.4.